The molecule has 0 radical (unpaired) electrons. The first-order valence-electron chi connectivity index (χ1n) is 8.48. The molecule has 0 aliphatic heterocycles. The Labute approximate surface area is 159 Å². The van der Waals surface area contributed by atoms with E-state index in [-0.39, 0.29) is 6.54 Å². The molecule has 1 unspecified atom stereocenters. The molecule has 1 heterocycles. The van der Waals surface area contributed by atoms with Gasteiger partial charge in [0, 0.05) is 0 Å². The lowest BCUT2D eigenvalue weighted by atomic mass is 9.77. The summed E-state index contributed by atoms with van der Waals surface area (Å²) < 4.78 is 53.0. The topological polar surface area (TPSA) is 54.5 Å². The molecule has 0 N–H and O–H groups in total. The van der Waals surface area contributed by atoms with Crippen molar-refractivity contribution in [3.8, 4) is 6.07 Å². The minimum Gasteiger partial charge on any atom is -0.251 e. The molecule has 0 aliphatic carbocycles. The van der Waals surface area contributed by atoms with E-state index in [1.54, 1.807) is 12.1 Å². The van der Waals surface area contributed by atoms with Gasteiger partial charge in [-0.05, 0) is 48.2 Å². The lowest BCUT2D eigenvalue weighted by Crippen LogP contribution is -2.31. The molecule has 8 heteroatoms. The van der Waals surface area contributed by atoms with Crippen molar-refractivity contribution >= 4 is 0 Å². The van der Waals surface area contributed by atoms with Gasteiger partial charge in [0.05, 0.1) is 18.2 Å². The Morgan fingerprint density at radius 2 is 1.61 bits per heavy atom. The minimum atomic E-state index is -4.39. The van der Waals surface area contributed by atoms with Crippen molar-refractivity contribution in [1.29, 1.82) is 5.26 Å². The van der Waals surface area contributed by atoms with Crippen LogP contribution < -0.4 is 0 Å². The highest BCUT2D eigenvalue weighted by Crippen LogP contribution is 2.33. The van der Waals surface area contributed by atoms with Crippen LogP contribution >= 0.6 is 0 Å². The van der Waals surface area contributed by atoms with Gasteiger partial charge in [-0.1, -0.05) is 24.3 Å². The van der Waals surface area contributed by atoms with Crippen LogP contribution in [0.1, 0.15) is 23.1 Å². The third-order valence-corrected chi connectivity index (χ3v) is 4.63. The zero-order valence-corrected chi connectivity index (χ0v) is 14.7. The number of alkyl halides is 3. The summed E-state index contributed by atoms with van der Waals surface area (Å²) in [6.45, 7) is 0.190. The first kappa shape index (κ1) is 19.5. The maximum atomic E-state index is 13.3. The van der Waals surface area contributed by atoms with E-state index in [1.165, 1.54) is 41.6 Å². The predicted octanol–water partition coefficient (Wildman–Crippen LogP) is 4.53. The Bertz CT molecular complexity index is 942. The van der Waals surface area contributed by atoms with Crippen molar-refractivity contribution in [1.82, 2.24) is 14.8 Å². The average molecular weight is 388 g/mol. The monoisotopic (exact) mass is 388 g/mol. The molecule has 28 heavy (non-hydrogen) atoms. The fraction of sp³-hybridized carbons (Fsp3) is 0.250. The fourth-order valence-electron chi connectivity index (χ4n) is 3.05. The van der Waals surface area contributed by atoms with Gasteiger partial charge in [0.15, 0.2) is 0 Å². The zero-order chi connectivity index (χ0) is 20.2. The number of nitriles is 1. The summed E-state index contributed by atoms with van der Waals surface area (Å²) in [6, 6.07) is 12.8. The Kier molecular flexibility index (Phi) is 5.45. The van der Waals surface area contributed by atoms with E-state index < -0.39 is 23.0 Å². The first-order chi connectivity index (χ1) is 13.3. The van der Waals surface area contributed by atoms with Crippen LogP contribution in [0.15, 0.2) is 61.2 Å². The highest BCUT2D eigenvalue weighted by molar-refractivity contribution is 5.34. The van der Waals surface area contributed by atoms with E-state index >= 15 is 0 Å². The molecule has 0 bridgehead atoms. The molecular weight excluding hydrogens is 372 g/mol. The Morgan fingerprint density at radius 3 is 2.14 bits per heavy atom. The predicted molar refractivity (Wildman–Crippen MR) is 93.5 cm³/mol. The van der Waals surface area contributed by atoms with Crippen LogP contribution in [-0.4, -0.2) is 14.8 Å². The van der Waals surface area contributed by atoms with E-state index in [0.29, 0.717) is 24.0 Å². The van der Waals surface area contributed by atoms with Crippen molar-refractivity contribution in [3.63, 3.8) is 0 Å². The molecule has 0 spiro atoms. The SMILES string of the molecule is N#CC(CCc1ccc(C(F)(F)F)cc1)(Cn1cncn1)c1ccc(F)cc1. The van der Waals surface area contributed by atoms with Gasteiger partial charge in [0.1, 0.15) is 23.9 Å². The minimum absolute atomic E-state index is 0.190. The second-order valence-corrected chi connectivity index (χ2v) is 6.49. The fourth-order valence-corrected chi connectivity index (χ4v) is 3.05. The molecule has 0 aliphatic rings. The maximum absolute atomic E-state index is 13.3. The van der Waals surface area contributed by atoms with Gasteiger partial charge in [-0.2, -0.15) is 23.5 Å². The van der Waals surface area contributed by atoms with Crippen LogP contribution in [-0.2, 0) is 24.6 Å². The second kappa shape index (κ2) is 7.80. The summed E-state index contributed by atoms with van der Waals surface area (Å²) in [5.41, 5.74) is -0.472. The normalized spacial score (nSPS) is 13.7. The van der Waals surface area contributed by atoms with Crippen molar-refractivity contribution in [2.45, 2.75) is 31.0 Å². The molecule has 3 aromatic rings. The highest BCUT2D eigenvalue weighted by atomic mass is 19.4. The second-order valence-electron chi connectivity index (χ2n) is 6.49. The molecule has 1 atom stereocenters. The molecule has 1 aromatic heterocycles. The Morgan fingerprint density at radius 1 is 0.964 bits per heavy atom. The number of halogens is 4. The summed E-state index contributed by atoms with van der Waals surface area (Å²) in [5, 5.41) is 14.0. The van der Waals surface area contributed by atoms with E-state index in [1.807, 2.05) is 0 Å². The standard InChI is InChI=1S/C20H16F4N4/c21-18-7-5-16(6-8-18)19(11-25,12-28-14-26-13-27-28)10-9-15-1-3-17(4-2-15)20(22,23)24/h1-8,13-14H,9-10,12H2. The van der Waals surface area contributed by atoms with Gasteiger partial charge >= 0.3 is 6.18 Å². The number of nitrogens with zero attached hydrogens (tertiary/aromatic N) is 4. The van der Waals surface area contributed by atoms with E-state index in [2.05, 4.69) is 16.2 Å². The number of aromatic nitrogens is 3. The van der Waals surface area contributed by atoms with E-state index in [9.17, 15) is 22.8 Å². The van der Waals surface area contributed by atoms with Gasteiger partial charge in [-0.15, -0.1) is 0 Å². The lowest BCUT2D eigenvalue weighted by molar-refractivity contribution is -0.137. The van der Waals surface area contributed by atoms with Crippen LogP contribution in [0.25, 0.3) is 0 Å². The molecule has 144 valence electrons. The summed E-state index contributed by atoms with van der Waals surface area (Å²) in [4.78, 5) is 3.88. The number of hydrogen-bond acceptors (Lipinski definition) is 3. The largest absolute Gasteiger partial charge is 0.416 e. The molecular formula is C20H16F4N4. The maximum Gasteiger partial charge on any atom is 0.416 e. The van der Waals surface area contributed by atoms with Crippen molar-refractivity contribution in [2.75, 3.05) is 0 Å². The number of hydrogen-bond donors (Lipinski definition) is 0. The Balaban J connectivity index is 1.86. The summed E-state index contributed by atoms with van der Waals surface area (Å²) in [5.74, 6) is -0.418. The average Bonchev–Trinajstić information content (AvgIpc) is 3.18. The summed E-state index contributed by atoms with van der Waals surface area (Å²) in [6.07, 6.45) is -0.870. The number of benzene rings is 2. The van der Waals surface area contributed by atoms with Crippen molar-refractivity contribution in [2.24, 2.45) is 0 Å². The molecule has 0 saturated carbocycles. The molecule has 0 amide bonds. The van der Waals surface area contributed by atoms with Crippen molar-refractivity contribution < 1.29 is 17.6 Å². The first-order valence-corrected chi connectivity index (χ1v) is 8.48. The van der Waals surface area contributed by atoms with Gasteiger partial charge in [-0.3, -0.25) is 4.68 Å². The summed E-state index contributed by atoms with van der Waals surface area (Å²) in [7, 11) is 0. The van der Waals surface area contributed by atoms with Crippen LogP contribution in [0.2, 0.25) is 0 Å². The zero-order valence-electron chi connectivity index (χ0n) is 14.7. The quantitative estimate of drug-likeness (QED) is 0.583. The van der Waals surface area contributed by atoms with Crippen LogP contribution in [0.3, 0.4) is 0 Å². The Hall–Kier alpha value is -3.21. The third kappa shape index (κ3) is 4.36. The number of aryl methyl sites for hydroxylation is 1. The molecule has 0 saturated heterocycles. The van der Waals surface area contributed by atoms with Gasteiger partial charge in [0.2, 0.25) is 0 Å². The third-order valence-electron chi connectivity index (χ3n) is 4.63. The highest BCUT2D eigenvalue weighted by Gasteiger charge is 2.34. The number of rotatable bonds is 6. The molecule has 0 fully saturated rings. The van der Waals surface area contributed by atoms with Crippen molar-refractivity contribution in [3.05, 3.63) is 83.7 Å². The molecule has 3 rings (SSSR count). The van der Waals surface area contributed by atoms with Crippen LogP contribution in [0, 0.1) is 17.1 Å². The van der Waals surface area contributed by atoms with Crippen LogP contribution in [0.5, 0.6) is 0 Å². The summed E-state index contributed by atoms with van der Waals surface area (Å²) >= 11 is 0. The van der Waals surface area contributed by atoms with Gasteiger partial charge in [-0.25, -0.2) is 9.37 Å². The van der Waals surface area contributed by atoms with E-state index in [0.717, 1.165) is 12.1 Å². The van der Waals surface area contributed by atoms with Gasteiger partial charge < -0.3 is 0 Å². The molecule has 2 aromatic carbocycles. The van der Waals surface area contributed by atoms with Gasteiger partial charge in [0.25, 0.3) is 0 Å². The molecule has 4 nitrogen and oxygen atoms in total. The smallest absolute Gasteiger partial charge is 0.251 e. The van der Waals surface area contributed by atoms with E-state index in [4.69, 9.17) is 0 Å². The lowest BCUT2D eigenvalue weighted by Gasteiger charge is -2.27. The van der Waals surface area contributed by atoms with Crippen LogP contribution in [0.4, 0.5) is 17.6 Å².